The Morgan fingerprint density at radius 1 is 0.969 bits per heavy atom. The average Bonchev–Trinajstić information content (AvgIpc) is 2.90. The van der Waals surface area contributed by atoms with E-state index in [-0.39, 0.29) is 29.8 Å². The van der Waals surface area contributed by atoms with Crippen molar-refractivity contribution in [1.82, 2.24) is 9.97 Å². The monoisotopic (exact) mass is 438 g/mol. The third-order valence-corrected chi connectivity index (χ3v) is 10.1. The van der Waals surface area contributed by atoms with E-state index in [0.717, 1.165) is 18.4 Å². The van der Waals surface area contributed by atoms with Gasteiger partial charge in [0.05, 0.1) is 41.2 Å². The molecule has 3 heterocycles. The molecule has 3 unspecified atom stereocenters. The van der Waals surface area contributed by atoms with Crippen LogP contribution >= 0.6 is 0 Å². The minimum atomic E-state index is -1.99. The van der Waals surface area contributed by atoms with Crippen molar-refractivity contribution in [2.45, 2.75) is 75.0 Å². The maximum atomic E-state index is 12.2. The molecule has 1 aromatic carbocycles. The summed E-state index contributed by atoms with van der Waals surface area (Å²) in [6.45, 7) is 4.41. The molecular formula is C25H30N2O5. The molecule has 2 saturated heterocycles. The van der Waals surface area contributed by atoms with Crippen molar-refractivity contribution in [2.24, 2.45) is 22.7 Å². The number of nitrogens with zero attached hydrogens (tertiary/aromatic N) is 2. The number of benzene rings is 1. The number of aliphatic hydroxyl groups excluding tert-OH is 3. The molecule has 2 aliphatic heterocycles. The number of para-hydroxylation sites is 2. The van der Waals surface area contributed by atoms with Crippen LogP contribution in [-0.4, -0.2) is 61.1 Å². The SMILES string of the molecule is CC1(C)CC[C@H](O)[C@]23CO[C@@](O)([C@@H](O)C12)C12c4nc5ccccc5nc4[C@H](CCC13)[C@H]2O. The van der Waals surface area contributed by atoms with Crippen LogP contribution in [0.1, 0.15) is 56.8 Å². The van der Waals surface area contributed by atoms with Crippen LogP contribution < -0.4 is 0 Å². The summed E-state index contributed by atoms with van der Waals surface area (Å²) in [6, 6.07) is 7.59. The fourth-order valence-electron chi connectivity index (χ4n) is 8.98. The Kier molecular flexibility index (Phi) is 3.53. The van der Waals surface area contributed by atoms with Gasteiger partial charge in [0.15, 0.2) is 0 Å². The van der Waals surface area contributed by atoms with Crippen LogP contribution in [0.3, 0.4) is 0 Å². The predicted molar refractivity (Wildman–Crippen MR) is 115 cm³/mol. The minimum Gasteiger partial charge on any atom is -0.392 e. The predicted octanol–water partition coefficient (Wildman–Crippen LogP) is 1.61. The van der Waals surface area contributed by atoms with Crippen molar-refractivity contribution in [3.05, 3.63) is 35.7 Å². The van der Waals surface area contributed by atoms with Gasteiger partial charge in [-0.1, -0.05) is 26.0 Å². The van der Waals surface area contributed by atoms with E-state index in [0.29, 0.717) is 29.7 Å². The average molecular weight is 439 g/mol. The molecule has 4 bridgehead atoms. The van der Waals surface area contributed by atoms with Gasteiger partial charge in [-0.05, 0) is 49.1 Å². The molecule has 170 valence electrons. The second-order valence-corrected chi connectivity index (χ2v) is 11.6. The molecule has 4 aliphatic carbocycles. The van der Waals surface area contributed by atoms with Crippen molar-refractivity contribution < 1.29 is 25.2 Å². The maximum absolute atomic E-state index is 12.2. The van der Waals surface area contributed by atoms with Crippen molar-refractivity contribution in [2.75, 3.05) is 6.61 Å². The summed E-state index contributed by atoms with van der Waals surface area (Å²) < 4.78 is 6.15. The zero-order chi connectivity index (χ0) is 22.3. The lowest BCUT2D eigenvalue weighted by Crippen LogP contribution is -2.86. The molecule has 2 spiro atoms. The summed E-state index contributed by atoms with van der Waals surface area (Å²) in [5.74, 6) is -2.87. The molecule has 2 aromatic rings. The van der Waals surface area contributed by atoms with Crippen LogP contribution in [0.25, 0.3) is 11.0 Å². The van der Waals surface area contributed by atoms with Crippen molar-refractivity contribution >= 4 is 11.0 Å². The fraction of sp³-hybridized carbons (Fsp3) is 0.680. The van der Waals surface area contributed by atoms with Gasteiger partial charge in [0, 0.05) is 17.3 Å². The highest BCUT2D eigenvalue weighted by Gasteiger charge is 2.85. The molecule has 0 amide bonds. The summed E-state index contributed by atoms with van der Waals surface area (Å²) in [5.41, 5.74) is 0.340. The summed E-state index contributed by atoms with van der Waals surface area (Å²) in [4.78, 5) is 9.85. The van der Waals surface area contributed by atoms with Gasteiger partial charge in [0.1, 0.15) is 11.5 Å². The zero-order valence-corrected chi connectivity index (χ0v) is 18.4. The number of hydrogen-bond acceptors (Lipinski definition) is 7. The molecule has 1 aromatic heterocycles. The molecule has 5 fully saturated rings. The molecule has 0 radical (unpaired) electrons. The van der Waals surface area contributed by atoms with E-state index in [2.05, 4.69) is 13.8 Å². The zero-order valence-electron chi connectivity index (χ0n) is 18.4. The molecular weight excluding hydrogens is 408 g/mol. The molecule has 8 rings (SSSR count). The van der Waals surface area contributed by atoms with Crippen LogP contribution in [0, 0.1) is 22.7 Å². The first kappa shape index (κ1) is 19.8. The van der Waals surface area contributed by atoms with Crippen LogP contribution in [0.15, 0.2) is 24.3 Å². The van der Waals surface area contributed by atoms with Crippen LogP contribution in [0.4, 0.5) is 0 Å². The van der Waals surface area contributed by atoms with Crippen LogP contribution in [0.5, 0.6) is 0 Å². The topological polar surface area (TPSA) is 116 Å². The lowest BCUT2D eigenvalue weighted by Gasteiger charge is -2.75. The number of hydrogen-bond donors (Lipinski definition) is 4. The highest BCUT2D eigenvalue weighted by molar-refractivity contribution is 5.75. The Labute approximate surface area is 186 Å². The van der Waals surface area contributed by atoms with Crippen LogP contribution in [-0.2, 0) is 10.2 Å². The number of rotatable bonds is 0. The number of fused-ring (bicyclic) bond motifs is 5. The van der Waals surface area contributed by atoms with Crippen molar-refractivity contribution in [3.8, 4) is 0 Å². The molecule has 9 atom stereocenters. The third kappa shape index (κ3) is 1.81. The molecule has 7 nitrogen and oxygen atoms in total. The quantitative estimate of drug-likeness (QED) is 0.494. The fourth-order valence-corrected chi connectivity index (χ4v) is 8.98. The van der Waals surface area contributed by atoms with Crippen molar-refractivity contribution in [3.63, 3.8) is 0 Å². The van der Waals surface area contributed by atoms with E-state index in [9.17, 15) is 20.4 Å². The van der Waals surface area contributed by atoms with Gasteiger partial charge in [-0.3, -0.25) is 0 Å². The molecule has 32 heavy (non-hydrogen) atoms. The second-order valence-electron chi connectivity index (χ2n) is 11.6. The molecule has 3 saturated carbocycles. The summed E-state index contributed by atoms with van der Waals surface area (Å²) >= 11 is 0. The lowest BCUT2D eigenvalue weighted by atomic mass is 9.35. The molecule has 4 N–H and O–H groups in total. The normalized spacial score (nSPS) is 50.1. The first-order valence-electron chi connectivity index (χ1n) is 11.9. The van der Waals surface area contributed by atoms with Gasteiger partial charge < -0.3 is 25.2 Å². The lowest BCUT2D eigenvalue weighted by molar-refractivity contribution is -0.449. The van der Waals surface area contributed by atoms with E-state index in [1.807, 2.05) is 24.3 Å². The van der Waals surface area contributed by atoms with E-state index in [1.54, 1.807) is 0 Å². The molecule has 7 heteroatoms. The Balaban J connectivity index is 1.56. The van der Waals surface area contributed by atoms with Gasteiger partial charge in [-0.25, -0.2) is 9.97 Å². The summed E-state index contributed by atoms with van der Waals surface area (Å²) in [6.07, 6.45) is -0.101. The van der Waals surface area contributed by atoms with Gasteiger partial charge in [0.25, 0.3) is 0 Å². The highest BCUT2D eigenvalue weighted by Crippen LogP contribution is 2.76. The van der Waals surface area contributed by atoms with Crippen molar-refractivity contribution in [1.29, 1.82) is 0 Å². The van der Waals surface area contributed by atoms with Gasteiger partial charge in [-0.2, -0.15) is 0 Å². The standard InChI is InChI=1S/C25H30N2O5/c1-22(2)10-9-16(28)23-11-32-25(31,21(30)18(22)23)24-15(23)8-7-12(20(24)29)17-19(24)27-14-6-4-3-5-13(14)26-17/h3-6,12,15-16,18,20-21,28-31H,7-11H2,1-2H3/t12-,15?,16-,18?,20+,21-,23+,24?,25-/m0/s1. The number of ether oxygens (including phenoxy) is 1. The highest BCUT2D eigenvalue weighted by atomic mass is 16.6. The van der Waals surface area contributed by atoms with E-state index in [1.165, 1.54) is 0 Å². The van der Waals surface area contributed by atoms with E-state index in [4.69, 9.17) is 14.7 Å². The minimum absolute atomic E-state index is 0.177. The summed E-state index contributed by atoms with van der Waals surface area (Å²) in [7, 11) is 0. The summed E-state index contributed by atoms with van der Waals surface area (Å²) in [5, 5.41) is 47.3. The van der Waals surface area contributed by atoms with E-state index < -0.39 is 34.9 Å². The van der Waals surface area contributed by atoms with Gasteiger partial charge in [-0.15, -0.1) is 0 Å². The largest absolute Gasteiger partial charge is 0.392 e. The maximum Gasteiger partial charge on any atom is 0.206 e. The first-order valence-corrected chi connectivity index (χ1v) is 11.9. The number of aliphatic hydroxyl groups is 4. The number of aromatic nitrogens is 2. The van der Waals surface area contributed by atoms with Gasteiger partial charge >= 0.3 is 0 Å². The Hall–Kier alpha value is -1.64. The third-order valence-electron chi connectivity index (χ3n) is 10.1. The first-order chi connectivity index (χ1) is 15.2. The smallest absolute Gasteiger partial charge is 0.206 e. The van der Waals surface area contributed by atoms with Gasteiger partial charge in [0.2, 0.25) is 5.79 Å². The van der Waals surface area contributed by atoms with Crippen LogP contribution in [0.2, 0.25) is 0 Å². The Bertz CT molecular complexity index is 1150. The van der Waals surface area contributed by atoms with E-state index >= 15 is 0 Å². The second kappa shape index (κ2) is 5.70. The molecule has 6 aliphatic rings. The Morgan fingerprint density at radius 2 is 1.69 bits per heavy atom. The Morgan fingerprint density at radius 3 is 2.44 bits per heavy atom.